The van der Waals surface area contributed by atoms with E-state index in [1.165, 1.54) is 23.1 Å². The third-order valence-corrected chi connectivity index (χ3v) is 9.19. The van der Waals surface area contributed by atoms with Crippen molar-refractivity contribution in [1.82, 2.24) is 10.2 Å². The van der Waals surface area contributed by atoms with E-state index in [-0.39, 0.29) is 29.1 Å². The van der Waals surface area contributed by atoms with Gasteiger partial charge >= 0.3 is 0 Å². The second kappa shape index (κ2) is 14.4. The molecule has 0 bridgehead atoms. The zero-order chi connectivity index (χ0) is 31.0. The zero-order valence-electron chi connectivity index (χ0n) is 23.9. The lowest BCUT2D eigenvalue weighted by molar-refractivity contribution is -0.140. The molecule has 10 heteroatoms. The minimum absolute atomic E-state index is 0.0103. The molecule has 1 N–H and O–H groups in total. The number of aryl methyl sites for hydroxylation is 1. The third-order valence-electron chi connectivity index (χ3n) is 6.90. The Balaban J connectivity index is 1.80. The molecule has 4 aromatic carbocycles. The monoisotopic (exact) mass is 665 g/mol. The Kier molecular flexibility index (Phi) is 10.7. The van der Waals surface area contributed by atoms with Gasteiger partial charge in [-0.3, -0.25) is 13.9 Å². The van der Waals surface area contributed by atoms with Gasteiger partial charge in [0.25, 0.3) is 10.0 Å². The van der Waals surface area contributed by atoms with Gasteiger partial charge in [-0.15, -0.1) is 0 Å². The molecule has 7 nitrogen and oxygen atoms in total. The largest absolute Gasteiger partial charge is 0.355 e. The zero-order valence-corrected chi connectivity index (χ0v) is 26.3. The van der Waals surface area contributed by atoms with E-state index in [4.69, 9.17) is 0 Å². The van der Waals surface area contributed by atoms with E-state index in [1.807, 2.05) is 37.3 Å². The molecular weight excluding hydrogens is 633 g/mol. The number of hydrogen-bond acceptors (Lipinski definition) is 4. The van der Waals surface area contributed by atoms with Crippen molar-refractivity contribution in [1.29, 1.82) is 0 Å². The number of likely N-dealkylation sites (N-methyl/N-ethyl adjacent to an activating group) is 1. The Morgan fingerprint density at radius 1 is 0.907 bits per heavy atom. The molecular formula is C33H33BrFN3O4S. The van der Waals surface area contributed by atoms with Gasteiger partial charge in [0.2, 0.25) is 11.8 Å². The molecule has 43 heavy (non-hydrogen) atoms. The van der Waals surface area contributed by atoms with Crippen molar-refractivity contribution in [2.24, 2.45) is 0 Å². The van der Waals surface area contributed by atoms with E-state index in [2.05, 4.69) is 21.2 Å². The van der Waals surface area contributed by atoms with Crippen LogP contribution in [-0.4, -0.2) is 44.3 Å². The van der Waals surface area contributed by atoms with Crippen molar-refractivity contribution in [3.05, 3.63) is 130 Å². The number of halogens is 2. The van der Waals surface area contributed by atoms with E-state index < -0.39 is 40.2 Å². The van der Waals surface area contributed by atoms with Crippen LogP contribution in [0.4, 0.5) is 10.1 Å². The first-order valence-electron chi connectivity index (χ1n) is 13.8. The average molecular weight is 667 g/mol. The fourth-order valence-electron chi connectivity index (χ4n) is 4.65. The molecule has 2 amide bonds. The Hall–Kier alpha value is -4.02. The van der Waals surface area contributed by atoms with Gasteiger partial charge in [-0.05, 0) is 55.8 Å². The predicted octanol–water partition coefficient (Wildman–Crippen LogP) is 5.87. The summed E-state index contributed by atoms with van der Waals surface area (Å²) in [6, 6.07) is 27.1. The van der Waals surface area contributed by atoms with Crippen molar-refractivity contribution in [2.45, 2.75) is 37.8 Å². The minimum Gasteiger partial charge on any atom is -0.355 e. The summed E-state index contributed by atoms with van der Waals surface area (Å²) in [5.41, 5.74) is 2.13. The minimum atomic E-state index is -4.22. The van der Waals surface area contributed by atoms with Crippen LogP contribution in [0.15, 0.2) is 112 Å². The number of carbonyl (C=O) groups excluding carboxylic acids is 2. The maximum Gasteiger partial charge on any atom is 0.264 e. The molecule has 0 aliphatic rings. The molecule has 0 unspecified atom stereocenters. The highest BCUT2D eigenvalue weighted by molar-refractivity contribution is 9.10. The van der Waals surface area contributed by atoms with Crippen LogP contribution in [0.1, 0.15) is 23.6 Å². The summed E-state index contributed by atoms with van der Waals surface area (Å²) in [6.45, 7) is 3.07. The maximum atomic E-state index is 14.9. The van der Waals surface area contributed by atoms with Crippen molar-refractivity contribution in [3.8, 4) is 0 Å². The van der Waals surface area contributed by atoms with Crippen LogP contribution in [0.3, 0.4) is 0 Å². The van der Waals surface area contributed by atoms with Crippen LogP contribution in [0.2, 0.25) is 0 Å². The van der Waals surface area contributed by atoms with Gasteiger partial charge in [-0.2, -0.15) is 0 Å². The summed E-state index contributed by atoms with van der Waals surface area (Å²) in [7, 11) is -4.22. The Labute approximate surface area is 260 Å². The van der Waals surface area contributed by atoms with E-state index >= 15 is 0 Å². The number of nitrogens with one attached hydrogen (secondary N) is 1. The number of nitrogens with zero attached hydrogens (tertiary/aromatic N) is 2. The molecule has 1 atom stereocenters. The molecule has 0 spiro atoms. The quantitative estimate of drug-likeness (QED) is 0.205. The molecule has 0 radical (unpaired) electrons. The van der Waals surface area contributed by atoms with Crippen LogP contribution in [-0.2, 0) is 32.6 Å². The van der Waals surface area contributed by atoms with Crippen molar-refractivity contribution < 1.29 is 22.4 Å². The lowest BCUT2D eigenvalue weighted by atomic mass is 10.0. The summed E-state index contributed by atoms with van der Waals surface area (Å²) in [5, 5.41) is 2.79. The van der Waals surface area contributed by atoms with E-state index in [0.717, 1.165) is 15.4 Å². The van der Waals surface area contributed by atoms with Gasteiger partial charge < -0.3 is 10.2 Å². The highest BCUT2D eigenvalue weighted by Crippen LogP contribution is 2.27. The van der Waals surface area contributed by atoms with Crippen LogP contribution in [0.25, 0.3) is 0 Å². The van der Waals surface area contributed by atoms with Gasteiger partial charge in [0.15, 0.2) is 0 Å². The number of anilines is 1. The number of hydrogen-bond donors (Lipinski definition) is 1. The standard InChI is InChI=1S/C33H33BrFN3O4S/c1-3-36-33(40)31(20-25-10-5-4-6-11-25)37(22-26-12-7-8-15-30(26)35)32(39)23-38(28-14-9-13-27(34)21-28)43(41,42)29-18-16-24(2)17-19-29/h4-19,21,31H,3,20,22-23H2,1-2H3,(H,36,40)/t31-/m0/s1. The predicted molar refractivity (Wildman–Crippen MR) is 169 cm³/mol. The van der Waals surface area contributed by atoms with Crippen molar-refractivity contribution in [3.63, 3.8) is 0 Å². The Bertz CT molecular complexity index is 1670. The number of benzene rings is 4. The molecule has 0 fully saturated rings. The van der Waals surface area contributed by atoms with Crippen LogP contribution < -0.4 is 9.62 Å². The number of sulfonamides is 1. The highest BCUT2D eigenvalue weighted by Gasteiger charge is 2.35. The summed E-state index contributed by atoms with van der Waals surface area (Å²) >= 11 is 3.40. The normalized spacial score (nSPS) is 11.9. The molecule has 4 aromatic rings. The second-order valence-corrected chi connectivity index (χ2v) is 12.8. The van der Waals surface area contributed by atoms with Gasteiger partial charge in [0.1, 0.15) is 18.4 Å². The highest BCUT2D eigenvalue weighted by atomic mass is 79.9. The van der Waals surface area contributed by atoms with Crippen LogP contribution in [0, 0.1) is 12.7 Å². The first kappa shape index (κ1) is 31.9. The number of carbonyl (C=O) groups is 2. The summed E-state index contributed by atoms with van der Waals surface area (Å²) in [6.07, 6.45) is 0.147. The SMILES string of the molecule is CCNC(=O)[C@H](Cc1ccccc1)N(Cc1ccccc1F)C(=O)CN(c1cccc(Br)c1)S(=O)(=O)c1ccc(C)cc1. The Morgan fingerprint density at radius 2 is 1.58 bits per heavy atom. The topological polar surface area (TPSA) is 86.8 Å². The van der Waals surface area contributed by atoms with E-state index in [1.54, 1.807) is 61.5 Å². The third kappa shape index (κ3) is 8.09. The average Bonchev–Trinajstić information content (AvgIpc) is 2.99. The van der Waals surface area contributed by atoms with Gasteiger partial charge in [0, 0.05) is 29.5 Å². The van der Waals surface area contributed by atoms with Crippen molar-refractivity contribution in [2.75, 3.05) is 17.4 Å². The molecule has 224 valence electrons. The van der Waals surface area contributed by atoms with Crippen LogP contribution in [0.5, 0.6) is 0 Å². The maximum absolute atomic E-state index is 14.9. The molecule has 0 saturated heterocycles. The number of amides is 2. The van der Waals surface area contributed by atoms with E-state index in [0.29, 0.717) is 11.0 Å². The fraction of sp³-hybridized carbons (Fsp3) is 0.212. The van der Waals surface area contributed by atoms with Crippen molar-refractivity contribution >= 4 is 43.5 Å². The first-order valence-corrected chi connectivity index (χ1v) is 16.0. The van der Waals surface area contributed by atoms with Crippen LogP contribution >= 0.6 is 15.9 Å². The lowest BCUT2D eigenvalue weighted by Crippen LogP contribution is -2.53. The molecule has 4 rings (SSSR count). The fourth-order valence-corrected chi connectivity index (χ4v) is 6.45. The molecule has 0 heterocycles. The molecule has 0 aromatic heterocycles. The van der Waals surface area contributed by atoms with Gasteiger partial charge in [-0.1, -0.05) is 88.2 Å². The lowest BCUT2D eigenvalue weighted by Gasteiger charge is -2.34. The first-order chi connectivity index (χ1) is 20.6. The number of rotatable bonds is 12. The van der Waals surface area contributed by atoms with Gasteiger partial charge in [0.05, 0.1) is 10.6 Å². The second-order valence-electron chi connectivity index (χ2n) is 10.0. The molecule has 0 saturated carbocycles. The molecule has 0 aliphatic heterocycles. The van der Waals surface area contributed by atoms with Gasteiger partial charge in [-0.25, -0.2) is 12.8 Å². The molecule has 0 aliphatic carbocycles. The summed E-state index contributed by atoms with van der Waals surface area (Å²) in [5.74, 6) is -1.62. The van der Waals surface area contributed by atoms with E-state index in [9.17, 15) is 22.4 Å². The summed E-state index contributed by atoms with van der Waals surface area (Å²) < 4.78 is 44.6. The summed E-state index contributed by atoms with van der Waals surface area (Å²) in [4.78, 5) is 29.1. The smallest absolute Gasteiger partial charge is 0.264 e. The Morgan fingerprint density at radius 3 is 2.23 bits per heavy atom.